The Morgan fingerprint density at radius 1 is 1.40 bits per heavy atom. The van der Waals surface area contributed by atoms with Gasteiger partial charge in [0.05, 0.1) is 5.69 Å². The maximum Gasteiger partial charge on any atom is 0.270 e. The van der Waals surface area contributed by atoms with E-state index < -0.39 is 0 Å². The van der Waals surface area contributed by atoms with Crippen LogP contribution in [0.15, 0.2) is 40.2 Å². The van der Waals surface area contributed by atoms with E-state index in [-0.39, 0.29) is 12.5 Å². The van der Waals surface area contributed by atoms with Gasteiger partial charge in [0.25, 0.3) is 11.8 Å². The van der Waals surface area contributed by atoms with E-state index in [1.54, 1.807) is 0 Å². The summed E-state index contributed by atoms with van der Waals surface area (Å²) in [6, 6.07) is 9.41. The van der Waals surface area contributed by atoms with Crippen LogP contribution in [0.1, 0.15) is 30.1 Å². The van der Waals surface area contributed by atoms with Gasteiger partial charge in [0.2, 0.25) is 0 Å². The van der Waals surface area contributed by atoms with Crippen molar-refractivity contribution in [2.45, 2.75) is 25.7 Å². The molecule has 0 radical (unpaired) electrons. The van der Waals surface area contributed by atoms with Crippen molar-refractivity contribution in [3.8, 4) is 16.5 Å². The smallest absolute Gasteiger partial charge is 0.270 e. The number of rotatable bonds is 6. The van der Waals surface area contributed by atoms with Gasteiger partial charge in [-0.3, -0.25) is 4.79 Å². The second-order valence-electron chi connectivity index (χ2n) is 6.05. The molecule has 1 saturated carbocycles. The number of carbonyl (C=O) groups excluding carboxylic acids is 1. The lowest BCUT2D eigenvalue weighted by molar-refractivity contribution is -0.118. The van der Waals surface area contributed by atoms with Gasteiger partial charge in [-0.25, -0.2) is 0 Å². The van der Waals surface area contributed by atoms with E-state index >= 15 is 0 Å². The molecule has 25 heavy (non-hydrogen) atoms. The molecule has 1 aliphatic rings. The van der Waals surface area contributed by atoms with Crippen molar-refractivity contribution in [3.05, 3.63) is 47.1 Å². The molecule has 7 heteroatoms. The highest BCUT2D eigenvalue weighted by atomic mass is 32.1. The summed E-state index contributed by atoms with van der Waals surface area (Å²) >= 11 is 1.45. The molecule has 1 amide bonds. The summed E-state index contributed by atoms with van der Waals surface area (Å²) in [4.78, 5) is 17.4. The Kier molecular flexibility index (Phi) is 4.23. The van der Waals surface area contributed by atoms with Gasteiger partial charge in [-0.1, -0.05) is 17.3 Å². The molecule has 4 rings (SSSR count). The topological polar surface area (TPSA) is 77.2 Å². The van der Waals surface area contributed by atoms with Crippen LogP contribution >= 0.6 is 11.3 Å². The summed E-state index contributed by atoms with van der Waals surface area (Å²) in [6.45, 7) is 1.92. The van der Waals surface area contributed by atoms with Crippen molar-refractivity contribution in [2.24, 2.45) is 0 Å². The van der Waals surface area contributed by atoms with Gasteiger partial charge in [0, 0.05) is 5.92 Å². The molecule has 6 nitrogen and oxygen atoms in total. The normalized spacial score (nSPS) is 13.6. The molecular formula is C18H17N3O3S. The van der Waals surface area contributed by atoms with E-state index in [4.69, 9.17) is 9.26 Å². The highest BCUT2D eigenvalue weighted by Gasteiger charge is 2.29. The van der Waals surface area contributed by atoms with Crippen molar-refractivity contribution in [2.75, 3.05) is 11.9 Å². The van der Waals surface area contributed by atoms with Crippen LogP contribution in [0.2, 0.25) is 0 Å². The lowest BCUT2D eigenvalue weighted by atomic mass is 10.2. The Labute approximate surface area is 148 Å². The molecule has 2 aromatic heterocycles. The van der Waals surface area contributed by atoms with Crippen molar-refractivity contribution >= 4 is 22.9 Å². The second-order valence-corrected chi connectivity index (χ2v) is 6.96. The highest BCUT2D eigenvalue weighted by Crippen LogP contribution is 2.40. The zero-order chi connectivity index (χ0) is 17.2. The van der Waals surface area contributed by atoms with Crippen LogP contribution in [-0.2, 0) is 4.79 Å². The molecule has 0 unspecified atom stereocenters. The number of aryl methyl sites for hydroxylation is 1. The molecule has 0 spiro atoms. The fourth-order valence-electron chi connectivity index (χ4n) is 2.45. The van der Waals surface area contributed by atoms with Crippen LogP contribution in [0.5, 0.6) is 5.75 Å². The van der Waals surface area contributed by atoms with E-state index in [2.05, 4.69) is 15.5 Å². The number of nitrogens with one attached hydrogen (secondary N) is 1. The molecule has 0 saturated heterocycles. The molecule has 0 aliphatic heterocycles. The number of amides is 1. The summed E-state index contributed by atoms with van der Waals surface area (Å²) in [6.07, 6.45) is 2.23. The first kappa shape index (κ1) is 15.8. The van der Waals surface area contributed by atoms with E-state index in [0.717, 1.165) is 29.1 Å². The molecular weight excluding hydrogens is 338 g/mol. The van der Waals surface area contributed by atoms with Crippen LogP contribution in [0.3, 0.4) is 0 Å². The number of hydrogen-bond donors (Lipinski definition) is 1. The number of aromatic nitrogens is 2. The minimum absolute atomic E-state index is 0.0596. The number of benzene rings is 1. The number of carbonyl (C=O) groups is 1. The molecule has 1 fully saturated rings. The fraction of sp³-hybridized carbons (Fsp3) is 0.278. The van der Waals surface area contributed by atoms with Crippen LogP contribution in [0, 0.1) is 6.92 Å². The van der Waals surface area contributed by atoms with Gasteiger partial charge in [0.15, 0.2) is 12.4 Å². The molecule has 1 aromatic carbocycles. The van der Waals surface area contributed by atoms with Crippen LogP contribution < -0.4 is 10.1 Å². The molecule has 0 bridgehead atoms. The quantitative estimate of drug-likeness (QED) is 0.723. The first-order valence-corrected chi connectivity index (χ1v) is 8.98. The van der Waals surface area contributed by atoms with Gasteiger partial charge in [-0.15, -0.1) is 11.3 Å². The number of thiophene rings is 1. The average Bonchev–Trinajstić information content (AvgIpc) is 3.15. The largest absolute Gasteiger partial charge is 0.484 e. The minimum atomic E-state index is -0.233. The van der Waals surface area contributed by atoms with Gasteiger partial charge in [0.1, 0.15) is 10.6 Å². The van der Waals surface area contributed by atoms with Crippen molar-refractivity contribution in [1.29, 1.82) is 0 Å². The zero-order valence-corrected chi connectivity index (χ0v) is 14.5. The summed E-state index contributed by atoms with van der Waals surface area (Å²) in [7, 11) is 0. The fourth-order valence-corrected chi connectivity index (χ4v) is 3.22. The minimum Gasteiger partial charge on any atom is -0.484 e. The molecule has 1 aliphatic carbocycles. The van der Waals surface area contributed by atoms with E-state index in [1.807, 2.05) is 42.6 Å². The Morgan fingerprint density at radius 2 is 2.28 bits per heavy atom. The van der Waals surface area contributed by atoms with Crippen LogP contribution in [0.25, 0.3) is 10.8 Å². The first-order valence-electron chi connectivity index (χ1n) is 8.10. The zero-order valence-electron chi connectivity index (χ0n) is 13.7. The van der Waals surface area contributed by atoms with Gasteiger partial charge in [-0.05, 0) is 48.9 Å². The Morgan fingerprint density at radius 3 is 3.08 bits per heavy atom. The van der Waals surface area contributed by atoms with E-state index in [0.29, 0.717) is 23.2 Å². The number of nitrogens with zero attached hydrogens (tertiary/aromatic N) is 2. The maximum atomic E-state index is 12.2. The van der Waals surface area contributed by atoms with Gasteiger partial charge in [-0.2, -0.15) is 4.98 Å². The number of ether oxygens (including phenoxy) is 1. The van der Waals surface area contributed by atoms with E-state index in [1.165, 1.54) is 11.3 Å². The third-order valence-electron chi connectivity index (χ3n) is 3.88. The predicted molar refractivity (Wildman–Crippen MR) is 94.9 cm³/mol. The SMILES string of the molecule is Cc1cccc(OCC(=O)Nc2ccsc2-c2nc(C3CC3)no2)c1. The van der Waals surface area contributed by atoms with Crippen molar-refractivity contribution in [1.82, 2.24) is 10.1 Å². The maximum absolute atomic E-state index is 12.2. The van der Waals surface area contributed by atoms with Crippen LogP contribution in [0.4, 0.5) is 5.69 Å². The van der Waals surface area contributed by atoms with E-state index in [9.17, 15) is 4.79 Å². The standard InChI is InChI=1S/C18H17N3O3S/c1-11-3-2-4-13(9-11)23-10-15(22)19-14-7-8-25-16(14)18-20-17(21-24-18)12-5-6-12/h2-4,7-9,12H,5-6,10H2,1H3,(H,19,22). The number of anilines is 1. The Balaban J connectivity index is 1.40. The lowest BCUT2D eigenvalue weighted by Crippen LogP contribution is -2.20. The monoisotopic (exact) mass is 355 g/mol. The first-order chi connectivity index (χ1) is 12.2. The average molecular weight is 355 g/mol. The second kappa shape index (κ2) is 6.68. The highest BCUT2D eigenvalue weighted by molar-refractivity contribution is 7.14. The molecule has 2 heterocycles. The van der Waals surface area contributed by atoms with Crippen molar-refractivity contribution < 1.29 is 14.1 Å². The molecule has 0 atom stereocenters. The van der Waals surface area contributed by atoms with Gasteiger partial charge >= 0.3 is 0 Å². The third-order valence-corrected chi connectivity index (χ3v) is 4.78. The molecule has 128 valence electrons. The summed E-state index contributed by atoms with van der Waals surface area (Å²) in [5.74, 6) is 2.07. The van der Waals surface area contributed by atoms with Crippen molar-refractivity contribution in [3.63, 3.8) is 0 Å². The lowest BCUT2D eigenvalue weighted by Gasteiger charge is -2.07. The Bertz CT molecular complexity index is 898. The Hall–Kier alpha value is -2.67. The summed E-state index contributed by atoms with van der Waals surface area (Å²) < 4.78 is 10.9. The van der Waals surface area contributed by atoms with Crippen LogP contribution in [-0.4, -0.2) is 22.7 Å². The van der Waals surface area contributed by atoms with Gasteiger partial charge < -0.3 is 14.6 Å². The third kappa shape index (κ3) is 3.71. The molecule has 1 N–H and O–H groups in total. The molecule has 3 aromatic rings. The predicted octanol–water partition coefficient (Wildman–Crippen LogP) is 4.00. The summed E-state index contributed by atoms with van der Waals surface area (Å²) in [5, 5.41) is 8.75. The number of hydrogen-bond acceptors (Lipinski definition) is 6. The summed E-state index contributed by atoms with van der Waals surface area (Å²) in [5.41, 5.74) is 1.75.